The number of rotatable bonds is 9. The number of benzene rings is 2. The molecule has 2 amide bonds. The first-order valence-electron chi connectivity index (χ1n) is 10.3. The van der Waals surface area contributed by atoms with Crippen LogP contribution in [0.1, 0.15) is 39.7 Å². The zero-order chi connectivity index (χ0) is 23.0. The number of nitrogens with zero attached hydrogens (tertiary/aromatic N) is 1. The Bertz CT molecular complexity index is 878. The van der Waals surface area contributed by atoms with Crippen molar-refractivity contribution in [2.75, 3.05) is 13.7 Å². The van der Waals surface area contributed by atoms with E-state index >= 15 is 0 Å². The van der Waals surface area contributed by atoms with Crippen molar-refractivity contribution in [2.45, 2.75) is 52.2 Å². The molecule has 7 heteroatoms. The highest BCUT2D eigenvalue weighted by atomic mass is 19.1. The lowest BCUT2D eigenvalue weighted by molar-refractivity contribution is -0.143. The van der Waals surface area contributed by atoms with Gasteiger partial charge < -0.3 is 19.7 Å². The molecule has 0 aliphatic rings. The first-order chi connectivity index (χ1) is 14.6. The van der Waals surface area contributed by atoms with Crippen molar-refractivity contribution >= 4 is 11.8 Å². The second-order valence-electron chi connectivity index (χ2n) is 8.25. The van der Waals surface area contributed by atoms with Crippen LogP contribution in [0.25, 0.3) is 0 Å². The largest absolute Gasteiger partial charge is 0.497 e. The monoisotopic (exact) mass is 430 g/mol. The number of carbonyl (C=O) groups excluding carboxylic acids is 2. The lowest BCUT2D eigenvalue weighted by Gasteiger charge is -2.33. The lowest BCUT2D eigenvalue weighted by Crippen LogP contribution is -2.54. The molecule has 0 saturated heterocycles. The number of methoxy groups -OCH3 is 1. The van der Waals surface area contributed by atoms with Crippen molar-refractivity contribution in [3.05, 3.63) is 59.9 Å². The Kier molecular flexibility index (Phi) is 8.42. The molecule has 0 unspecified atom stereocenters. The third-order valence-electron chi connectivity index (χ3n) is 4.58. The molecular formula is C24H31FN2O4. The topological polar surface area (TPSA) is 67.9 Å². The molecule has 0 heterocycles. The molecule has 6 nitrogen and oxygen atoms in total. The fourth-order valence-electron chi connectivity index (χ4n) is 3.08. The van der Waals surface area contributed by atoms with Crippen LogP contribution < -0.4 is 14.8 Å². The van der Waals surface area contributed by atoms with Gasteiger partial charge in [-0.3, -0.25) is 9.59 Å². The zero-order valence-corrected chi connectivity index (χ0v) is 18.8. The molecule has 0 aliphatic heterocycles. The van der Waals surface area contributed by atoms with Crippen molar-refractivity contribution in [3.8, 4) is 11.5 Å². The summed E-state index contributed by atoms with van der Waals surface area (Å²) < 4.78 is 24.5. The molecule has 0 aromatic heterocycles. The Morgan fingerprint density at radius 3 is 2.29 bits per heavy atom. The number of para-hydroxylation sites is 1. The predicted molar refractivity (Wildman–Crippen MR) is 117 cm³/mol. The third-order valence-corrected chi connectivity index (χ3v) is 4.58. The van der Waals surface area contributed by atoms with E-state index in [1.54, 1.807) is 31.4 Å². The molecule has 0 spiro atoms. The van der Waals surface area contributed by atoms with Crippen LogP contribution in [-0.2, 0) is 16.1 Å². The average molecular weight is 431 g/mol. The molecule has 2 aromatic carbocycles. The predicted octanol–water partition coefficient (Wildman–Crippen LogP) is 3.94. The van der Waals surface area contributed by atoms with E-state index in [1.165, 1.54) is 17.0 Å². The van der Waals surface area contributed by atoms with Crippen LogP contribution in [0.2, 0.25) is 0 Å². The van der Waals surface area contributed by atoms with Gasteiger partial charge in [-0.2, -0.15) is 0 Å². The molecule has 0 saturated carbocycles. The Hall–Kier alpha value is -3.09. The van der Waals surface area contributed by atoms with Gasteiger partial charge in [0.25, 0.3) is 5.91 Å². The zero-order valence-electron chi connectivity index (χ0n) is 18.8. The summed E-state index contributed by atoms with van der Waals surface area (Å²) in [6, 6.07) is 12.5. The van der Waals surface area contributed by atoms with Crippen LogP contribution >= 0.6 is 0 Å². The minimum absolute atomic E-state index is 0.00700. The summed E-state index contributed by atoms with van der Waals surface area (Å²) in [4.78, 5) is 27.5. The van der Waals surface area contributed by atoms with Crippen molar-refractivity contribution in [1.82, 2.24) is 10.2 Å². The fraction of sp³-hybridized carbons (Fsp3) is 0.417. The number of hydrogen-bond donors (Lipinski definition) is 1. The fourth-order valence-corrected chi connectivity index (χ4v) is 3.08. The highest BCUT2D eigenvalue weighted by Gasteiger charge is 2.31. The average Bonchev–Trinajstić information content (AvgIpc) is 2.72. The van der Waals surface area contributed by atoms with Crippen LogP contribution in [0.15, 0.2) is 48.5 Å². The highest BCUT2D eigenvalue weighted by Crippen LogP contribution is 2.19. The normalized spacial score (nSPS) is 12.1. The summed E-state index contributed by atoms with van der Waals surface area (Å²) in [5.41, 5.74) is 0.394. The van der Waals surface area contributed by atoms with Crippen LogP contribution in [0.3, 0.4) is 0 Å². The summed E-state index contributed by atoms with van der Waals surface area (Å²) in [6.07, 6.45) is 0.420. The second-order valence-corrected chi connectivity index (χ2v) is 8.25. The van der Waals surface area contributed by atoms with Crippen LogP contribution in [0.4, 0.5) is 4.39 Å². The van der Waals surface area contributed by atoms with E-state index in [0.29, 0.717) is 12.2 Å². The molecule has 0 fully saturated rings. The molecule has 2 rings (SSSR count). The number of halogens is 1. The highest BCUT2D eigenvalue weighted by molar-refractivity contribution is 5.88. The van der Waals surface area contributed by atoms with E-state index in [1.807, 2.05) is 39.8 Å². The Morgan fingerprint density at radius 2 is 1.74 bits per heavy atom. The van der Waals surface area contributed by atoms with E-state index in [0.717, 1.165) is 5.56 Å². The summed E-state index contributed by atoms with van der Waals surface area (Å²) in [5.74, 6) is -0.512. The van der Waals surface area contributed by atoms with Gasteiger partial charge in [0.2, 0.25) is 5.91 Å². The maximum Gasteiger partial charge on any atom is 0.261 e. The number of carbonyl (C=O) groups is 2. The standard InChI is InChI=1S/C24H31FN2O4/c1-6-20(23(29)26-24(2,3)4)27(15-17-11-13-18(30-5)14-12-17)22(28)16-31-21-10-8-7-9-19(21)25/h7-14,20H,6,15-16H2,1-5H3,(H,26,29)/t20-/m0/s1. The Labute approximate surface area is 183 Å². The van der Waals surface area contributed by atoms with Gasteiger partial charge in [-0.1, -0.05) is 31.2 Å². The van der Waals surface area contributed by atoms with Gasteiger partial charge in [0, 0.05) is 12.1 Å². The van der Waals surface area contributed by atoms with Gasteiger partial charge in [-0.15, -0.1) is 0 Å². The van der Waals surface area contributed by atoms with E-state index in [2.05, 4.69) is 5.32 Å². The maximum absolute atomic E-state index is 13.9. The molecule has 0 radical (unpaired) electrons. The summed E-state index contributed by atoms with van der Waals surface area (Å²) in [6.45, 7) is 7.33. The minimum atomic E-state index is -0.696. The van der Waals surface area contributed by atoms with Crippen LogP contribution in [0.5, 0.6) is 11.5 Å². The van der Waals surface area contributed by atoms with Crippen LogP contribution in [-0.4, -0.2) is 42.0 Å². The van der Waals surface area contributed by atoms with E-state index in [-0.39, 0.29) is 24.8 Å². The quantitative estimate of drug-likeness (QED) is 0.655. The number of amides is 2. The number of ether oxygens (including phenoxy) is 2. The van der Waals surface area contributed by atoms with Gasteiger partial charge in [0.15, 0.2) is 18.2 Å². The van der Waals surface area contributed by atoms with Crippen molar-refractivity contribution < 1.29 is 23.5 Å². The lowest BCUT2D eigenvalue weighted by atomic mass is 10.1. The van der Waals surface area contributed by atoms with Crippen molar-refractivity contribution in [2.24, 2.45) is 0 Å². The Morgan fingerprint density at radius 1 is 1.10 bits per heavy atom. The van der Waals surface area contributed by atoms with E-state index in [4.69, 9.17) is 9.47 Å². The van der Waals surface area contributed by atoms with E-state index < -0.39 is 23.3 Å². The van der Waals surface area contributed by atoms with Gasteiger partial charge in [0.05, 0.1) is 7.11 Å². The van der Waals surface area contributed by atoms with Crippen molar-refractivity contribution in [3.63, 3.8) is 0 Å². The van der Waals surface area contributed by atoms with Crippen molar-refractivity contribution in [1.29, 1.82) is 0 Å². The summed E-state index contributed by atoms with van der Waals surface area (Å²) in [7, 11) is 1.58. The molecule has 2 aromatic rings. The molecule has 1 N–H and O–H groups in total. The third kappa shape index (κ3) is 7.27. The first-order valence-corrected chi connectivity index (χ1v) is 10.3. The number of hydrogen-bond acceptors (Lipinski definition) is 4. The van der Waals surface area contributed by atoms with Crippen LogP contribution in [0, 0.1) is 5.82 Å². The molecule has 1 atom stereocenters. The van der Waals surface area contributed by atoms with E-state index in [9.17, 15) is 14.0 Å². The van der Waals surface area contributed by atoms with Gasteiger partial charge >= 0.3 is 0 Å². The minimum Gasteiger partial charge on any atom is -0.497 e. The Balaban J connectivity index is 2.24. The molecule has 31 heavy (non-hydrogen) atoms. The molecule has 168 valence electrons. The first kappa shape index (κ1) is 24.2. The second kappa shape index (κ2) is 10.8. The SMILES string of the molecule is CC[C@@H](C(=O)NC(C)(C)C)N(Cc1ccc(OC)cc1)C(=O)COc1ccccc1F. The smallest absolute Gasteiger partial charge is 0.261 e. The molecule has 0 aliphatic carbocycles. The summed E-state index contributed by atoms with van der Waals surface area (Å²) >= 11 is 0. The van der Waals surface area contributed by atoms with Gasteiger partial charge in [-0.25, -0.2) is 4.39 Å². The van der Waals surface area contributed by atoms with Gasteiger partial charge in [-0.05, 0) is 57.0 Å². The number of nitrogens with one attached hydrogen (secondary N) is 1. The maximum atomic E-state index is 13.9. The molecule has 0 bridgehead atoms. The summed E-state index contributed by atoms with van der Waals surface area (Å²) in [5, 5.41) is 2.94. The molecular weight excluding hydrogens is 399 g/mol. The van der Waals surface area contributed by atoms with Gasteiger partial charge in [0.1, 0.15) is 11.8 Å².